The van der Waals surface area contributed by atoms with Crippen molar-refractivity contribution in [2.24, 2.45) is 0 Å². The molecule has 1 aliphatic rings. The molecule has 426 valence electrons. The van der Waals surface area contributed by atoms with Gasteiger partial charge in [0.25, 0.3) is 0 Å². The summed E-state index contributed by atoms with van der Waals surface area (Å²) in [5, 5.41) is 31.4. The van der Waals surface area contributed by atoms with E-state index in [0.29, 0.717) is 19.3 Å². The van der Waals surface area contributed by atoms with Crippen LogP contribution in [0.5, 0.6) is 0 Å². The molecule has 0 aliphatic carbocycles. The lowest BCUT2D eigenvalue weighted by molar-refractivity contribution is -0.301. The minimum Gasteiger partial charge on any atom is -0.479 e. The van der Waals surface area contributed by atoms with Crippen molar-refractivity contribution in [3.05, 3.63) is 97.2 Å². The zero-order chi connectivity index (χ0) is 54.7. The fourth-order valence-electron chi connectivity index (χ4n) is 8.19. The molecule has 0 aromatic rings. The van der Waals surface area contributed by atoms with Crippen LogP contribution in [0.2, 0.25) is 0 Å². The van der Waals surface area contributed by atoms with Crippen molar-refractivity contribution in [2.75, 3.05) is 13.2 Å². The van der Waals surface area contributed by atoms with Crippen molar-refractivity contribution in [3.8, 4) is 0 Å². The van der Waals surface area contributed by atoms with E-state index in [4.69, 9.17) is 23.7 Å². The van der Waals surface area contributed by atoms with Gasteiger partial charge >= 0.3 is 23.9 Å². The third-order valence-electron chi connectivity index (χ3n) is 12.7. The first-order chi connectivity index (χ1) is 36.6. The predicted molar refractivity (Wildman–Crippen MR) is 303 cm³/mol. The van der Waals surface area contributed by atoms with Crippen molar-refractivity contribution in [2.45, 2.75) is 263 Å². The molecule has 12 heteroatoms. The lowest BCUT2D eigenvalue weighted by Gasteiger charge is -2.40. The molecule has 6 atom stereocenters. The van der Waals surface area contributed by atoms with Gasteiger partial charge in [-0.1, -0.05) is 214 Å². The minimum atomic E-state index is -1.92. The Morgan fingerprint density at radius 1 is 0.453 bits per heavy atom. The number of aliphatic carboxylic acids is 1. The summed E-state index contributed by atoms with van der Waals surface area (Å²) in [6.45, 7) is 5.75. The fraction of sp³-hybridized carbons (Fsp3) is 0.683. The molecule has 6 unspecified atom stereocenters. The summed E-state index contributed by atoms with van der Waals surface area (Å²) >= 11 is 0. The molecule has 3 N–H and O–H groups in total. The third kappa shape index (κ3) is 40.6. The monoisotopic (exact) mass is 1050 g/mol. The van der Waals surface area contributed by atoms with Gasteiger partial charge in [-0.05, 0) is 89.9 Å². The number of ether oxygens (including phenoxy) is 5. The van der Waals surface area contributed by atoms with Gasteiger partial charge in [-0.3, -0.25) is 14.4 Å². The van der Waals surface area contributed by atoms with E-state index in [2.05, 4.69) is 106 Å². The molecule has 0 aromatic heterocycles. The second-order valence-electron chi connectivity index (χ2n) is 19.5. The van der Waals surface area contributed by atoms with Crippen LogP contribution in [0, 0.1) is 0 Å². The summed E-state index contributed by atoms with van der Waals surface area (Å²) in [5.41, 5.74) is 0. The molecule has 1 saturated heterocycles. The molecule has 0 radical (unpaired) electrons. The maximum Gasteiger partial charge on any atom is 0.335 e. The molecule has 0 spiro atoms. The Kier molecular flexibility index (Phi) is 46.2. The molecule has 0 amide bonds. The van der Waals surface area contributed by atoms with Crippen LogP contribution in [0.25, 0.3) is 0 Å². The van der Waals surface area contributed by atoms with Crippen LogP contribution in [0.4, 0.5) is 0 Å². The molecule has 0 aromatic carbocycles. The van der Waals surface area contributed by atoms with Crippen LogP contribution in [-0.2, 0) is 42.9 Å². The van der Waals surface area contributed by atoms with Gasteiger partial charge in [0, 0.05) is 19.3 Å². The van der Waals surface area contributed by atoms with E-state index in [1.54, 1.807) is 0 Å². The van der Waals surface area contributed by atoms with Gasteiger partial charge in [0.1, 0.15) is 18.8 Å². The van der Waals surface area contributed by atoms with Crippen LogP contribution in [-0.4, -0.2) is 89.2 Å². The van der Waals surface area contributed by atoms with Crippen molar-refractivity contribution >= 4 is 23.9 Å². The van der Waals surface area contributed by atoms with E-state index in [0.717, 1.165) is 116 Å². The van der Waals surface area contributed by atoms with E-state index in [1.807, 2.05) is 12.2 Å². The van der Waals surface area contributed by atoms with Crippen LogP contribution < -0.4 is 0 Å². The molecule has 1 fully saturated rings. The number of rotatable bonds is 48. The Morgan fingerprint density at radius 2 is 0.867 bits per heavy atom. The van der Waals surface area contributed by atoms with Crippen molar-refractivity contribution < 1.29 is 58.2 Å². The van der Waals surface area contributed by atoms with Crippen LogP contribution in [0.3, 0.4) is 0 Å². The number of carboxylic acids is 1. The lowest BCUT2D eigenvalue weighted by Crippen LogP contribution is -2.61. The number of aliphatic hydroxyl groups excluding tert-OH is 2. The van der Waals surface area contributed by atoms with Gasteiger partial charge in [0.2, 0.25) is 0 Å². The highest BCUT2D eigenvalue weighted by atomic mass is 16.7. The number of hydrogen-bond acceptors (Lipinski definition) is 11. The van der Waals surface area contributed by atoms with E-state index >= 15 is 0 Å². The highest BCUT2D eigenvalue weighted by Gasteiger charge is 2.50. The van der Waals surface area contributed by atoms with E-state index in [9.17, 15) is 34.5 Å². The first-order valence-electron chi connectivity index (χ1n) is 29.2. The highest BCUT2D eigenvalue weighted by Crippen LogP contribution is 2.26. The molecular weight excluding hydrogens is 949 g/mol. The summed E-state index contributed by atoms with van der Waals surface area (Å²) in [4.78, 5) is 51.0. The molecular formula is C63H102O12. The lowest BCUT2D eigenvalue weighted by atomic mass is 9.98. The van der Waals surface area contributed by atoms with Crippen molar-refractivity contribution in [3.63, 3.8) is 0 Å². The van der Waals surface area contributed by atoms with Gasteiger partial charge in [0.05, 0.1) is 6.61 Å². The average Bonchev–Trinajstić information content (AvgIpc) is 3.39. The molecule has 1 aliphatic heterocycles. The maximum absolute atomic E-state index is 13.1. The summed E-state index contributed by atoms with van der Waals surface area (Å²) in [5.74, 6) is -3.25. The standard InChI is InChI=1S/C63H102O12/c1-4-7-10-13-16-19-21-23-25-27-28-30-31-33-35-38-40-43-46-49-55(64)71-52-54(73-56(65)50-47-44-41-37-18-15-12-9-6-3)53-72-63-61(59(68)58(67)60(75-63)62(69)70)74-57(66)51-48-45-42-39-36-34-32-29-26-24-22-20-17-14-11-8-5-2/h7,10,16-17,19-20,23-26,28,30,33,35,40,43,54,58-61,63,67-68H,4-6,8-9,11-15,18,21-22,27,29,31-32,34,36-39,41-42,44-53H2,1-3H3,(H,69,70)/b10-7-,19-16-,20-17-,25-23-,26-24-,30-28-,35-33-,43-40-. The first-order valence-corrected chi connectivity index (χ1v) is 29.2. The third-order valence-corrected chi connectivity index (χ3v) is 12.7. The number of carbonyl (C=O) groups is 4. The van der Waals surface area contributed by atoms with Gasteiger partial charge in [-0.15, -0.1) is 0 Å². The number of esters is 3. The zero-order valence-electron chi connectivity index (χ0n) is 46.8. The topological polar surface area (TPSA) is 175 Å². The summed E-state index contributed by atoms with van der Waals surface area (Å²) in [7, 11) is 0. The Balaban J connectivity index is 2.70. The SMILES string of the molecule is CC/C=C\C/C=C\C/C=C\C/C=C\C/C=C\C/C=C\CCC(=O)OCC(COC1OC(C(=O)O)C(O)C(O)C1OC(=O)CCCCCCCCC/C=C\C/C=C\CCCCC)OC(=O)CCCCCCCCCCC. The van der Waals surface area contributed by atoms with Crippen LogP contribution in [0.1, 0.15) is 226 Å². The average molecular weight is 1050 g/mol. The summed E-state index contributed by atoms with van der Waals surface area (Å²) < 4.78 is 28.3. The second kappa shape index (κ2) is 50.5. The Bertz CT molecular complexity index is 1670. The zero-order valence-corrected chi connectivity index (χ0v) is 46.8. The van der Waals surface area contributed by atoms with E-state index < -0.39 is 67.3 Å². The quantitative estimate of drug-likeness (QED) is 0.0228. The molecule has 0 saturated carbocycles. The molecule has 0 bridgehead atoms. The number of allylic oxidation sites excluding steroid dienone is 16. The van der Waals surface area contributed by atoms with Gasteiger partial charge in [-0.25, -0.2) is 4.79 Å². The molecule has 75 heavy (non-hydrogen) atoms. The smallest absolute Gasteiger partial charge is 0.335 e. The Labute approximate surface area is 453 Å². The molecule has 12 nitrogen and oxygen atoms in total. The Morgan fingerprint density at radius 3 is 1.36 bits per heavy atom. The number of carboxylic acid groups (broad SMARTS) is 1. The van der Waals surface area contributed by atoms with Gasteiger partial charge < -0.3 is 39.0 Å². The first kappa shape index (κ1) is 68.7. The minimum absolute atomic E-state index is 0.0415. The van der Waals surface area contributed by atoms with Crippen LogP contribution >= 0.6 is 0 Å². The van der Waals surface area contributed by atoms with E-state index in [-0.39, 0.29) is 25.9 Å². The predicted octanol–water partition coefficient (Wildman–Crippen LogP) is 14.9. The number of aliphatic hydroxyl groups is 2. The van der Waals surface area contributed by atoms with Crippen LogP contribution in [0.15, 0.2) is 97.2 Å². The van der Waals surface area contributed by atoms with Crippen molar-refractivity contribution in [1.82, 2.24) is 0 Å². The normalized spacial score (nSPS) is 18.9. The number of unbranched alkanes of at least 4 members (excludes halogenated alkanes) is 18. The summed E-state index contributed by atoms with van der Waals surface area (Å²) in [6.07, 6.45) is 54.0. The van der Waals surface area contributed by atoms with Crippen molar-refractivity contribution in [1.29, 1.82) is 0 Å². The number of carbonyl (C=O) groups excluding carboxylic acids is 3. The van der Waals surface area contributed by atoms with E-state index in [1.165, 1.54) is 51.4 Å². The molecule has 1 rings (SSSR count). The second-order valence-corrected chi connectivity index (χ2v) is 19.5. The maximum atomic E-state index is 13.1. The molecule has 1 heterocycles. The fourth-order valence-corrected chi connectivity index (χ4v) is 8.19. The van der Waals surface area contributed by atoms with Gasteiger partial charge in [0.15, 0.2) is 24.6 Å². The highest BCUT2D eigenvalue weighted by molar-refractivity contribution is 5.74. The summed E-state index contributed by atoms with van der Waals surface area (Å²) in [6, 6.07) is 0. The Hall–Kier alpha value is -4.36. The van der Waals surface area contributed by atoms with Gasteiger partial charge in [-0.2, -0.15) is 0 Å². The largest absolute Gasteiger partial charge is 0.479 e. The number of hydrogen-bond donors (Lipinski definition) is 3.